The summed E-state index contributed by atoms with van der Waals surface area (Å²) in [6, 6.07) is -3.15. The molecule has 0 heterocycles. The standard InChI is InChI=1S/C13H25N5O6/c1-8(19)18(10(12(22)23)5-2-6-14)17-9(11(20)21)4-3-7-16-13(15)24/h9-10,17H,2-7,14H2,1H3,(H,20,21)(H,22,23)(H3,15,16,24)/t9-,10-/m0/s1. The fourth-order valence-electron chi connectivity index (χ4n) is 2.00. The lowest BCUT2D eigenvalue weighted by Crippen LogP contribution is -2.57. The maximum absolute atomic E-state index is 11.7. The topological polar surface area (TPSA) is 188 Å². The molecule has 0 spiro atoms. The Bertz CT molecular complexity index is 458. The molecule has 0 radical (unpaired) electrons. The van der Waals surface area contributed by atoms with Crippen LogP contribution in [0.1, 0.15) is 32.6 Å². The summed E-state index contributed by atoms with van der Waals surface area (Å²) in [5.41, 5.74) is 12.7. The fraction of sp³-hybridized carbons (Fsp3) is 0.692. The van der Waals surface area contributed by atoms with Crippen LogP contribution in [0.5, 0.6) is 0 Å². The summed E-state index contributed by atoms with van der Waals surface area (Å²) in [5, 5.41) is 21.6. The predicted molar refractivity (Wildman–Crippen MR) is 83.6 cm³/mol. The number of amides is 3. The van der Waals surface area contributed by atoms with Crippen LogP contribution in [-0.2, 0) is 14.4 Å². The number of carbonyl (C=O) groups excluding carboxylic acids is 2. The Kier molecular flexibility index (Phi) is 10.1. The van der Waals surface area contributed by atoms with Crippen molar-refractivity contribution in [2.45, 2.75) is 44.7 Å². The molecule has 0 fully saturated rings. The van der Waals surface area contributed by atoms with Crippen LogP contribution in [0.2, 0.25) is 0 Å². The molecule has 0 saturated heterocycles. The van der Waals surface area contributed by atoms with Crippen molar-refractivity contribution < 1.29 is 29.4 Å². The molecule has 0 bridgehead atoms. The van der Waals surface area contributed by atoms with Crippen LogP contribution in [0.3, 0.4) is 0 Å². The summed E-state index contributed by atoms with van der Waals surface area (Å²) in [4.78, 5) is 45.0. The third kappa shape index (κ3) is 8.29. The highest BCUT2D eigenvalue weighted by atomic mass is 16.4. The second-order valence-electron chi connectivity index (χ2n) is 5.13. The lowest BCUT2D eigenvalue weighted by Gasteiger charge is -2.31. The molecule has 0 aliphatic heterocycles. The van der Waals surface area contributed by atoms with Crippen molar-refractivity contribution in [1.29, 1.82) is 0 Å². The van der Waals surface area contributed by atoms with Gasteiger partial charge >= 0.3 is 18.0 Å². The highest BCUT2D eigenvalue weighted by Gasteiger charge is 2.31. The summed E-state index contributed by atoms with van der Waals surface area (Å²) in [7, 11) is 0. The quantitative estimate of drug-likeness (QED) is 0.180. The minimum absolute atomic E-state index is 0.0582. The Hall–Kier alpha value is -2.40. The molecular formula is C13H25N5O6. The number of urea groups is 1. The van der Waals surface area contributed by atoms with E-state index in [0.717, 1.165) is 11.9 Å². The number of carbonyl (C=O) groups is 4. The zero-order valence-electron chi connectivity index (χ0n) is 13.5. The maximum atomic E-state index is 11.7. The Morgan fingerprint density at radius 2 is 1.71 bits per heavy atom. The van der Waals surface area contributed by atoms with E-state index in [1.807, 2.05) is 0 Å². The zero-order chi connectivity index (χ0) is 18.7. The van der Waals surface area contributed by atoms with E-state index in [0.29, 0.717) is 6.42 Å². The summed E-state index contributed by atoms with van der Waals surface area (Å²) >= 11 is 0. The van der Waals surface area contributed by atoms with E-state index in [1.54, 1.807) is 0 Å². The lowest BCUT2D eigenvalue weighted by atomic mass is 10.1. The third-order valence-electron chi connectivity index (χ3n) is 3.18. The van der Waals surface area contributed by atoms with Gasteiger partial charge in [0.25, 0.3) is 0 Å². The Labute approximate surface area is 139 Å². The van der Waals surface area contributed by atoms with Crippen molar-refractivity contribution in [3.8, 4) is 0 Å². The number of carboxylic acid groups (broad SMARTS) is 2. The van der Waals surface area contributed by atoms with Crippen LogP contribution in [0.4, 0.5) is 4.79 Å². The molecule has 0 aromatic rings. The number of hydrazine groups is 1. The van der Waals surface area contributed by atoms with E-state index in [2.05, 4.69) is 10.7 Å². The van der Waals surface area contributed by atoms with Crippen molar-refractivity contribution in [2.75, 3.05) is 13.1 Å². The molecule has 0 rings (SSSR count). The molecule has 2 atom stereocenters. The van der Waals surface area contributed by atoms with Gasteiger partial charge in [-0.2, -0.15) is 0 Å². The number of nitrogens with one attached hydrogen (secondary N) is 2. The molecule has 0 aromatic carbocycles. The van der Waals surface area contributed by atoms with Gasteiger partial charge in [0.1, 0.15) is 12.1 Å². The first-order valence-corrected chi connectivity index (χ1v) is 7.45. The molecule has 8 N–H and O–H groups in total. The van der Waals surface area contributed by atoms with Crippen molar-refractivity contribution in [1.82, 2.24) is 15.8 Å². The lowest BCUT2D eigenvalue weighted by molar-refractivity contribution is -0.156. The molecule has 11 heteroatoms. The first-order valence-electron chi connectivity index (χ1n) is 7.45. The molecular weight excluding hydrogens is 322 g/mol. The minimum atomic E-state index is -1.26. The molecule has 138 valence electrons. The van der Waals surface area contributed by atoms with Gasteiger partial charge in [-0.15, -0.1) is 0 Å². The predicted octanol–water partition coefficient (Wildman–Crippen LogP) is -1.57. The second kappa shape index (κ2) is 11.2. The molecule has 0 aliphatic rings. The monoisotopic (exact) mass is 347 g/mol. The van der Waals surface area contributed by atoms with Gasteiger partial charge in [0, 0.05) is 13.5 Å². The van der Waals surface area contributed by atoms with Crippen LogP contribution < -0.4 is 22.2 Å². The van der Waals surface area contributed by atoms with E-state index in [1.165, 1.54) is 0 Å². The van der Waals surface area contributed by atoms with Crippen molar-refractivity contribution in [3.63, 3.8) is 0 Å². The largest absolute Gasteiger partial charge is 0.480 e. The summed E-state index contributed by atoms with van der Waals surface area (Å²) in [5.74, 6) is -3.13. The maximum Gasteiger partial charge on any atom is 0.328 e. The number of nitrogens with two attached hydrogens (primary N) is 2. The minimum Gasteiger partial charge on any atom is -0.480 e. The van der Waals surface area contributed by atoms with E-state index in [-0.39, 0.29) is 32.4 Å². The SMILES string of the molecule is CC(=O)N(N[C@@H](CCCNC(N)=O)C(=O)O)[C@@H](CCCN)C(=O)O. The summed E-state index contributed by atoms with van der Waals surface area (Å²) in [6.07, 6.45) is 0.790. The van der Waals surface area contributed by atoms with E-state index < -0.39 is 36.0 Å². The van der Waals surface area contributed by atoms with Crippen LogP contribution in [0, 0.1) is 0 Å². The second-order valence-corrected chi connectivity index (χ2v) is 5.13. The van der Waals surface area contributed by atoms with E-state index in [9.17, 15) is 29.4 Å². The van der Waals surface area contributed by atoms with Gasteiger partial charge < -0.3 is 27.0 Å². The third-order valence-corrected chi connectivity index (χ3v) is 3.18. The van der Waals surface area contributed by atoms with Crippen molar-refractivity contribution >= 4 is 23.9 Å². The molecule has 24 heavy (non-hydrogen) atoms. The first kappa shape index (κ1) is 21.6. The van der Waals surface area contributed by atoms with Crippen molar-refractivity contribution in [2.24, 2.45) is 11.5 Å². The van der Waals surface area contributed by atoms with Crippen LogP contribution >= 0.6 is 0 Å². The van der Waals surface area contributed by atoms with Crippen molar-refractivity contribution in [3.05, 3.63) is 0 Å². The average molecular weight is 347 g/mol. The fourth-order valence-corrected chi connectivity index (χ4v) is 2.00. The Morgan fingerprint density at radius 3 is 2.12 bits per heavy atom. The number of nitrogens with zero attached hydrogens (tertiary/aromatic N) is 1. The smallest absolute Gasteiger partial charge is 0.328 e. The first-order chi connectivity index (χ1) is 11.2. The normalized spacial score (nSPS) is 12.9. The average Bonchev–Trinajstić information content (AvgIpc) is 2.47. The van der Waals surface area contributed by atoms with E-state index >= 15 is 0 Å². The van der Waals surface area contributed by atoms with Crippen LogP contribution in [0.25, 0.3) is 0 Å². The zero-order valence-corrected chi connectivity index (χ0v) is 13.5. The van der Waals surface area contributed by atoms with Crippen LogP contribution in [-0.4, -0.2) is 64.3 Å². The van der Waals surface area contributed by atoms with Gasteiger partial charge in [0.2, 0.25) is 5.91 Å². The summed E-state index contributed by atoms with van der Waals surface area (Å²) < 4.78 is 0. The van der Waals surface area contributed by atoms with E-state index in [4.69, 9.17) is 11.5 Å². The molecule has 0 saturated carbocycles. The highest BCUT2D eigenvalue weighted by Crippen LogP contribution is 2.08. The molecule has 11 nitrogen and oxygen atoms in total. The van der Waals surface area contributed by atoms with Gasteiger partial charge in [-0.05, 0) is 32.2 Å². The highest BCUT2D eigenvalue weighted by molar-refractivity contribution is 5.82. The number of hydrogen-bond donors (Lipinski definition) is 6. The Morgan fingerprint density at radius 1 is 1.08 bits per heavy atom. The number of primary amides is 1. The molecule has 0 unspecified atom stereocenters. The molecule has 3 amide bonds. The molecule has 0 aliphatic carbocycles. The van der Waals surface area contributed by atoms with Gasteiger partial charge in [0.05, 0.1) is 0 Å². The number of rotatable bonds is 12. The van der Waals surface area contributed by atoms with Crippen LogP contribution in [0.15, 0.2) is 0 Å². The number of hydrogen-bond acceptors (Lipinski definition) is 6. The van der Waals surface area contributed by atoms with Gasteiger partial charge in [0.15, 0.2) is 0 Å². The van der Waals surface area contributed by atoms with Gasteiger partial charge in [-0.3, -0.25) is 14.6 Å². The van der Waals surface area contributed by atoms with Gasteiger partial charge in [-0.25, -0.2) is 15.0 Å². The van der Waals surface area contributed by atoms with Gasteiger partial charge in [-0.1, -0.05) is 0 Å². The number of carboxylic acids is 2. The summed E-state index contributed by atoms with van der Waals surface area (Å²) in [6.45, 7) is 1.55. The Balaban J connectivity index is 4.92. The number of aliphatic carboxylic acids is 2. The molecule has 0 aromatic heterocycles.